The number of amides is 2. The number of aromatic nitrogens is 2. The number of nitrogens with one attached hydrogen (secondary N) is 2. The molecule has 4 aromatic rings. The van der Waals surface area contributed by atoms with Gasteiger partial charge in [0.15, 0.2) is 0 Å². The number of rotatable bonds is 8. The first-order valence-corrected chi connectivity index (χ1v) is 12.6. The molecule has 0 aliphatic heterocycles. The minimum Gasteiger partial charge on any atom is -0.506 e. The summed E-state index contributed by atoms with van der Waals surface area (Å²) < 4.78 is 1.64. The minimum absolute atomic E-state index is 0.0655. The monoisotopic (exact) mass is 565 g/mol. The topological polar surface area (TPSA) is 117 Å². The molecule has 4 rings (SSSR count). The summed E-state index contributed by atoms with van der Waals surface area (Å²) in [4.78, 5) is 44.9. The van der Waals surface area contributed by atoms with Crippen molar-refractivity contribution in [2.24, 2.45) is 0 Å². The van der Waals surface area contributed by atoms with Crippen molar-refractivity contribution in [3.63, 3.8) is 0 Å². The third kappa shape index (κ3) is 6.83. The fourth-order valence-corrected chi connectivity index (χ4v) is 4.09. The molecule has 2 amide bonds. The van der Waals surface area contributed by atoms with E-state index in [9.17, 15) is 19.5 Å². The molecule has 0 aliphatic carbocycles. The number of phenols is 1. The number of nitrogens with zero attached hydrogens (tertiary/aromatic N) is 3. The molecule has 2 aromatic carbocycles. The van der Waals surface area contributed by atoms with Gasteiger partial charge in [-0.3, -0.25) is 14.4 Å². The number of aromatic hydroxyl groups is 1. The van der Waals surface area contributed by atoms with Gasteiger partial charge >= 0.3 is 0 Å². The normalized spacial score (nSPS) is 10.9. The van der Waals surface area contributed by atoms with E-state index in [1.54, 1.807) is 47.2 Å². The van der Waals surface area contributed by atoms with Gasteiger partial charge < -0.3 is 25.2 Å². The Labute approximate surface area is 234 Å². The molecule has 0 fully saturated rings. The second-order valence-electron chi connectivity index (χ2n) is 8.92. The SMILES string of the molecule is CN(C)CCn1cccc(-c2ccc(C(=O)Nc3c(O)cc(Cl)cc3C(=O)Nc3ccc(Cl)cn3)cc2)c1=O. The van der Waals surface area contributed by atoms with Crippen LogP contribution in [0.3, 0.4) is 0 Å². The molecular weight excluding hydrogens is 541 g/mol. The van der Waals surface area contributed by atoms with Crippen molar-refractivity contribution in [1.82, 2.24) is 14.5 Å². The number of halogens is 2. The van der Waals surface area contributed by atoms with Gasteiger partial charge in [0.25, 0.3) is 17.4 Å². The van der Waals surface area contributed by atoms with Crippen LogP contribution < -0.4 is 16.2 Å². The number of hydrogen-bond acceptors (Lipinski definition) is 6. The van der Waals surface area contributed by atoms with Crippen molar-refractivity contribution in [3.8, 4) is 16.9 Å². The number of benzene rings is 2. The van der Waals surface area contributed by atoms with Crippen molar-refractivity contribution in [2.45, 2.75) is 6.54 Å². The Morgan fingerprint density at radius 2 is 1.72 bits per heavy atom. The van der Waals surface area contributed by atoms with Crippen molar-refractivity contribution in [3.05, 3.63) is 105 Å². The third-order valence-corrected chi connectivity index (χ3v) is 6.24. The number of pyridine rings is 2. The highest BCUT2D eigenvalue weighted by molar-refractivity contribution is 6.32. The fraction of sp³-hybridized carbons (Fsp3) is 0.143. The van der Waals surface area contributed by atoms with Crippen LogP contribution in [0.5, 0.6) is 5.75 Å². The largest absolute Gasteiger partial charge is 0.506 e. The third-order valence-electron chi connectivity index (χ3n) is 5.80. The summed E-state index contributed by atoms with van der Waals surface area (Å²) >= 11 is 11.9. The van der Waals surface area contributed by atoms with Crippen LogP contribution in [0.4, 0.5) is 11.5 Å². The summed E-state index contributed by atoms with van der Waals surface area (Å²) in [5.41, 5.74) is 1.10. The quantitative estimate of drug-likeness (QED) is 0.259. The molecule has 3 N–H and O–H groups in total. The van der Waals surface area contributed by atoms with Gasteiger partial charge in [-0.15, -0.1) is 0 Å². The van der Waals surface area contributed by atoms with E-state index in [-0.39, 0.29) is 39.0 Å². The van der Waals surface area contributed by atoms with Crippen LogP contribution in [0.25, 0.3) is 11.1 Å². The predicted molar refractivity (Wildman–Crippen MR) is 153 cm³/mol. The van der Waals surface area contributed by atoms with E-state index in [0.29, 0.717) is 22.7 Å². The van der Waals surface area contributed by atoms with E-state index in [2.05, 4.69) is 15.6 Å². The highest BCUT2D eigenvalue weighted by atomic mass is 35.5. The molecule has 200 valence electrons. The zero-order valence-corrected chi connectivity index (χ0v) is 22.6. The second-order valence-corrected chi connectivity index (χ2v) is 9.79. The lowest BCUT2D eigenvalue weighted by Gasteiger charge is -2.14. The van der Waals surface area contributed by atoms with Crippen LogP contribution in [-0.4, -0.2) is 52.0 Å². The Hall–Kier alpha value is -4.18. The number of carbonyl (C=O) groups excluding carboxylic acids is 2. The van der Waals surface area contributed by atoms with Crippen molar-refractivity contribution in [1.29, 1.82) is 0 Å². The van der Waals surface area contributed by atoms with Crippen LogP contribution >= 0.6 is 23.2 Å². The molecule has 0 bridgehead atoms. The number of phenolic OH excluding ortho intramolecular Hbond substituents is 1. The molecule has 0 saturated heterocycles. The lowest BCUT2D eigenvalue weighted by Crippen LogP contribution is -2.26. The zero-order chi connectivity index (χ0) is 28.1. The number of hydrogen-bond donors (Lipinski definition) is 3. The molecule has 9 nitrogen and oxygen atoms in total. The molecule has 0 atom stereocenters. The Balaban J connectivity index is 1.55. The van der Waals surface area contributed by atoms with Crippen LogP contribution in [0, 0.1) is 0 Å². The molecule has 0 radical (unpaired) electrons. The van der Waals surface area contributed by atoms with Gasteiger partial charge in [-0.2, -0.15) is 0 Å². The van der Waals surface area contributed by atoms with Crippen LogP contribution in [-0.2, 0) is 6.54 Å². The average molecular weight is 566 g/mol. The number of anilines is 2. The Morgan fingerprint density at radius 1 is 0.974 bits per heavy atom. The van der Waals surface area contributed by atoms with Gasteiger partial charge in [0, 0.05) is 47.7 Å². The van der Waals surface area contributed by atoms with Gasteiger partial charge in [-0.05, 0) is 62.1 Å². The molecule has 0 aliphatic rings. The van der Waals surface area contributed by atoms with E-state index in [0.717, 1.165) is 6.54 Å². The second kappa shape index (κ2) is 12.1. The Kier molecular flexibility index (Phi) is 8.65. The smallest absolute Gasteiger partial charge is 0.259 e. The molecular formula is C28H25Cl2N5O4. The maximum atomic E-state index is 13.1. The van der Waals surface area contributed by atoms with E-state index in [1.165, 1.54) is 24.4 Å². The predicted octanol–water partition coefficient (Wildman–Crippen LogP) is 4.99. The first kappa shape index (κ1) is 27.8. The fourth-order valence-electron chi connectivity index (χ4n) is 3.76. The summed E-state index contributed by atoms with van der Waals surface area (Å²) in [5, 5.41) is 16.2. The lowest BCUT2D eigenvalue weighted by molar-refractivity contribution is 0.102. The highest BCUT2D eigenvalue weighted by Gasteiger charge is 2.20. The molecule has 0 spiro atoms. The Morgan fingerprint density at radius 3 is 2.38 bits per heavy atom. The molecule has 39 heavy (non-hydrogen) atoms. The molecule has 11 heteroatoms. The van der Waals surface area contributed by atoms with Gasteiger partial charge in [-0.1, -0.05) is 35.3 Å². The standard InChI is InChI=1S/C28H25Cl2N5O4/c1-34(2)12-13-35-11-3-4-21(28(35)39)17-5-7-18(8-6-17)26(37)33-25-22(14-20(30)15-23(25)36)27(38)32-24-10-9-19(29)16-31-24/h3-11,14-16,36H,12-13H2,1-2H3,(H,33,37)(H,31,32,38). The summed E-state index contributed by atoms with van der Waals surface area (Å²) in [5.74, 6) is -1.39. The highest BCUT2D eigenvalue weighted by Crippen LogP contribution is 2.32. The molecule has 2 heterocycles. The minimum atomic E-state index is -0.650. The lowest BCUT2D eigenvalue weighted by atomic mass is 10.0. The maximum absolute atomic E-state index is 13.1. The van der Waals surface area contributed by atoms with Crippen molar-refractivity contribution >= 4 is 46.5 Å². The van der Waals surface area contributed by atoms with Gasteiger partial charge in [0.1, 0.15) is 11.6 Å². The molecule has 0 unspecified atom stereocenters. The summed E-state index contributed by atoms with van der Waals surface area (Å²) in [6, 6.07) is 15.6. The van der Waals surface area contributed by atoms with Crippen LogP contribution in [0.15, 0.2) is 77.9 Å². The number of carbonyl (C=O) groups is 2. The van der Waals surface area contributed by atoms with Gasteiger partial charge in [-0.25, -0.2) is 4.98 Å². The van der Waals surface area contributed by atoms with E-state index < -0.39 is 11.8 Å². The molecule has 2 aromatic heterocycles. The van der Waals surface area contributed by atoms with E-state index in [1.807, 2.05) is 25.1 Å². The van der Waals surface area contributed by atoms with Crippen LogP contribution in [0.2, 0.25) is 10.0 Å². The first-order valence-electron chi connectivity index (χ1n) is 11.8. The Bertz CT molecular complexity index is 1570. The van der Waals surface area contributed by atoms with Gasteiger partial charge in [0.05, 0.1) is 16.3 Å². The van der Waals surface area contributed by atoms with Crippen molar-refractivity contribution < 1.29 is 14.7 Å². The first-order chi connectivity index (χ1) is 18.6. The van der Waals surface area contributed by atoms with Crippen molar-refractivity contribution in [2.75, 3.05) is 31.3 Å². The summed E-state index contributed by atoms with van der Waals surface area (Å²) in [6.45, 7) is 1.27. The summed E-state index contributed by atoms with van der Waals surface area (Å²) in [6.07, 6.45) is 3.11. The van der Waals surface area contributed by atoms with E-state index in [4.69, 9.17) is 23.2 Å². The zero-order valence-electron chi connectivity index (χ0n) is 21.1. The van der Waals surface area contributed by atoms with E-state index >= 15 is 0 Å². The van der Waals surface area contributed by atoms with Gasteiger partial charge in [0.2, 0.25) is 0 Å². The van der Waals surface area contributed by atoms with Crippen LogP contribution in [0.1, 0.15) is 20.7 Å². The molecule has 0 saturated carbocycles. The summed E-state index contributed by atoms with van der Waals surface area (Å²) in [7, 11) is 3.88. The average Bonchev–Trinajstić information content (AvgIpc) is 2.90. The number of likely N-dealkylation sites (N-methyl/N-ethyl adjacent to an activating group) is 1. The maximum Gasteiger partial charge on any atom is 0.259 e.